The molecule has 2 heteroatoms. The standard InChI is InChI=1S/C12H24O2/c1-8(2)9(13)12(6,7)10(14)11(3,4)5/h8,10,14H,1-7H3. The molecule has 0 aromatic heterocycles. The first-order valence-corrected chi connectivity index (χ1v) is 5.23. The van der Waals surface area contributed by atoms with Crippen LogP contribution in [0.3, 0.4) is 0 Å². The number of aliphatic hydroxyl groups is 1. The highest BCUT2D eigenvalue weighted by Crippen LogP contribution is 2.36. The lowest BCUT2D eigenvalue weighted by molar-refractivity contribution is -0.141. The Morgan fingerprint density at radius 2 is 1.43 bits per heavy atom. The predicted molar refractivity (Wildman–Crippen MR) is 59.1 cm³/mol. The van der Waals surface area contributed by atoms with Gasteiger partial charge in [0, 0.05) is 11.3 Å². The molecule has 0 radical (unpaired) electrons. The van der Waals surface area contributed by atoms with E-state index in [2.05, 4.69) is 0 Å². The Labute approximate surface area is 87.7 Å². The van der Waals surface area contributed by atoms with Gasteiger partial charge in [0.25, 0.3) is 0 Å². The lowest BCUT2D eigenvalue weighted by atomic mass is 9.69. The Bertz CT molecular complexity index is 209. The average molecular weight is 200 g/mol. The average Bonchev–Trinajstić information content (AvgIpc) is 1.99. The molecule has 0 aliphatic heterocycles. The summed E-state index contributed by atoms with van der Waals surface area (Å²) in [5, 5.41) is 10.1. The van der Waals surface area contributed by atoms with E-state index in [0.29, 0.717) is 0 Å². The molecule has 2 nitrogen and oxygen atoms in total. The van der Waals surface area contributed by atoms with Crippen LogP contribution in [0.1, 0.15) is 48.5 Å². The van der Waals surface area contributed by atoms with Gasteiger partial charge in [-0.3, -0.25) is 4.79 Å². The minimum Gasteiger partial charge on any atom is -0.392 e. The van der Waals surface area contributed by atoms with Crippen molar-refractivity contribution < 1.29 is 9.90 Å². The maximum absolute atomic E-state index is 11.9. The molecule has 1 N–H and O–H groups in total. The van der Waals surface area contributed by atoms with Gasteiger partial charge in [0.15, 0.2) is 0 Å². The van der Waals surface area contributed by atoms with Crippen molar-refractivity contribution in [3.63, 3.8) is 0 Å². The molecule has 14 heavy (non-hydrogen) atoms. The molecular formula is C12H24O2. The summed E-state index contributed by atoms with van der Waals surface area (Å²) in [7, 11) is 0. The van der Waals surface area contributed by atoms with Crippen LogP contribution in [0.4, 0.5) is 0 Å². The van der Waals surface area contributed by atoms with Gasteiger partial charge in [0.2, 0.25) is 0 Å². The van der Waals surface area contributed by atoms with E-state index in [1.807, 2.05) is 48.5 Å². The van der Waals surface area contributed by atoms with E-state index in [4.69, 9.17) is 0 Å². The molecule has 0 fully saturated rings. The van der Waals surface area contributed by atoms with Gasteiger partial charge in [0.05, 0.1) is 6.10 Å². The van der Waals surface area contributed by atoms with Crippen molar-refractivity contribution in [2.75, 3.05) is 0 Å². The topological polar surface area (TPSA) is 37.3 Å². The van der Waals surface area contributed by atoms with Crippen LogP contribution in [-0.2, 0) is 4.79 Å². The molecule has 0 amide bonds. The number of hydrogen-bond acceptors (Lipinski definition) is 2. The third kappa shape index (κ3) is 2.81. The van der Waals surface area contributed by atoms with Gasteiger partial charge in [-0.15, -0.1) is 0 Å². The molecule has 0 aliphatic carbocycles. The van der Waals surface area contributed by atoms with Crippen LogP contribution >= 0.6 is 0 Å². The zero-order valence-corrected chi connectivity index (χ0v) is 10.5. The van der Waals surface area contributed by atoms with Gasteiger partial charge in [-0.25, -0.2) is 0 Å². The fraction of sp³-hybridized carbons (Fsp3) is 0.917. The number of hydrogen-bond donors (Lipinski definition) is 1. The molecule has 0 aromatic carbocycles. The summed E-state index contributed by atoms with van der Waals surface area (Å²) < 4.78 is 0. The third-order valence-electron chi connectivity index (χ3n) is 2.66. The number of aliphatic hydroxyl groups excluding tert-OH is 1. The maximum atomic E-state index is 11.9. The second kappa shape index (κ2) is 4.01. The van der Waals surface area contributed by atoms with Gasteiger partial charge in [0.1, 0.15) is 5.78 Å². The van der Waals surface area contributed by atoms with E-state index in [0.717, 1.165) is 0 Å². The minimum atomic E-state index is -0.660. The molecule has 0 aliphatic rings. The molecule has 0 bridgehead atoms. The Balaban J connectivity index is 4.87. The normalized spacial score (nSPS) is 15.8. The van der Waals surface area contributed by atoms with Crippen molar-refractivity contribution >= 4 is 5.78 Å². The van der Waals surface area contributed by atoms with Crippen LogP contribution < -0.4 is 0 Å². The van der Waals surface area contributed by atoms with E-state index in [1.54, 1.807) is 0 Å². The molecule has 0 spiro atoms. The Kier molecular flexibility index (Phi) is 3.91. The van der Waals surface area contributed by atoms with Crippen molar-refractivity contribution in [1.82, 2.24) is 0 Å². The van der Waals surface area contributed by atoms with Crippen molar-refractivity contribution in [3.05, 3.63) is 0 Å². The second-order valence-electron chi connectivity index (χ2n) is 6.01. The highest BCUT2D eigenvalue weighted by molar-refractivity contribution is 5.86. The summed E-state index contributed by atoms with van der Waals surface area (Å²) >= 11 is 0. The molecule has 0 saturated carbocycles. The quantitative estimate of drug-likeness (QED) is 0.760. The SMILES string of the molecule is CC(C)C(=O)C(C)(C)C(O)C(C)(C)C. The van der Waals surface area contributed by atoms with E-state index < -0.39 is 11.5 Å². The van der Waals surface area contributed by atoms with E-state index in [9.17, 15) is 9.90 Å². The van der Waals surface area contributed by atoms with Crippen LogP contribution in [-0.4, -0.2) is 17.0 Å². The van der Waals surface area contributed by atoms with Crippen LogP contribution in [0.15, 0.2) is 0 Å². The lowest BCUT2D eigenvalue weighted by Crippen LogP contribution is -2.46. The maximum Gasteiger partial charge on any atom is 0.143 e. The second-order valence-corrected chi connectivity index (χ2v) is 6.01. The number of carbonyl (C=O) groups is 1. The van der Waals surface area contributed by atoms with Crippen LogP contribution in [0.25, 0.3) is 0 Å². The Hall–Kier alpha value is -0.370. The molecule has 0 rings (SSSR count). The fourth-order valence-electron chi connectivity index (χ4n) is 1.96. The zero-order chi connectivity index (χ0) is 11.7. The summed E-state index contributed by atoms with van der Waals surface area (Å²) in [4.78, 5) is 11.9. The highest BCUT2D eigenvalue weighted by Gasteiger charge is 2.42. The van der Waals surface area contributed by atoms with Crippen molar-refractivity contribution in [2.45, 2.75) is 54.6 Å². The van der Waals surface area contributed by atoms with E-state index in [-0.39, 0.29) is 17.1 Å². The minimum absolute atomic E-state index is 0.0259. The van der Waals surface area contributed by atoms with Crippen LogP contribution in [0, 0.1) is 16.7 Å². The largest absolute Gasteiger partial charge is 0.392 e. The number of rotatable bonds is 3. The fourth-order valence-corrected chi connectivity index (χ4v) is 1.96. The third-order valence-corrected chi connectivity index (χ3v) is 2.66. The Morgan fingerprint density at radius 3 is 1.64 bits per heavy atom. The number of ketones is 1. The molecular weight excluding hydrogens is 176 g/mol. The summed E-state index contributed by atoms with van der Waals surface area (Å²) in [6, 6.07) is 0. The van der Waals surface area contributed by atoms with Crippen molar-refractivity contribution in [2.24, 2.45) is 16.7 Å². The smallest absolute Gasteiger partial charge is 0.143 e. The van der Waals surface area contributed by atoms with Crippen LogP contribution in [0.5, 0.6) is 0 Å². The highest BCUT2D eigenvalue weighted by atomic mass is 16.3. The van der Waals surface area contributed by atoms with Gasteiger partial charge in [-0.05, 0) is 5.41 Å². The number of Topliss-reactive ketones (excluding diaryl/α,β-unsaturated/α-hetero) is 1. The first-order chi connectivity index (χ1) is 6.01. The summed E-state index contributed by atoms with van der Waals surface area (Å²) in [6.07, 6.45) is -0.607. The van der Waals surface area contributed by atoms with Gasteiger partial charge in [-0.1, -0.05) is 48.5 Å². The number of carbonyl (C=O) groups excluding carboxylic acids is 1. The van der Waals surface area contributed by atoms with Gasteiger partial charge >= 0.3 is 0 Å². The molecule has 1 atom stereocenters. The molecule has 0 saturated heterocycles. The Morgan fingerprint density at radius 1 is 1.07 bits per heavy atom. The van der Waals surface area contributed by atoms with Gasteiger partial charge in [-0.2, -0.15) is 0 Å². The van der Waals surface area contributed by atoms with Crippen molar-refractivity contribution in [1.29, 1.82) is 0 Å². The lowest BCUT2D eigenvalue weighted by Gasteiger charge is -2.38. The predicted octanol–water partition coefficient (Wildman–Crippen LogP) is 2.64. The molecule has 0 heterocycles. The summed E-state index contributed by atoms with van der Waals surface area (Å²) in [5.74, 6) is 0.0990. The monoisotopic (exact) mass is 200 g/mol. The van der Waals surface area contributed by atoms with Crippen LogP contribution in [0.2, 0.25) is 0 Å². The summed E-state index contributed by atoms with van der Waals surface area (Å²) in [6.45, 7) is 13.3. The molecule has 0 aromatic rings. The zero-order valence-electron chi connectivity index (χ0n) is 10.5. The van der Waals surface area contributed by atoms with Crippen molar-refractivity contribution in [3.8, 4) is 0 Å². The van der Waals surface area contributed by atoms with Gasteiger partial charge < -0.3 is 5.11 Å². The molecule has 1 unspecified atom stereocenters. The first-order valence-electron chi connectivity index (χ1n) is 5.23. The summed E-state index contributed by atoms with van der Waals surface area (Å²) in [5.41, 5.74) is -0.916. The molecule has 84 valence electrons. The van der Waals surface area contributed by atoms with E-state index >= 15 is 0 Å². The first kappa shape index (κ1) is 13.6. The van der Waals surface area contributed by atoms with E-state index in [1.165, 1.54) is 0 Å².